The summed E-state index contributed by atoms with van der Waals surface area (Å²) >= 11 is 0. The van der Waals surface area contributed by atoms with E-state index in [-0.39, 0.29) is 23.3 Å². The number of aliphatic imine (C=N–C) groups is 1. The van der Waals surface area contributed by atoms with Gasteiger partial charge in [-0.2, -0.15) is 0 Å². The molecule has 0 saturated heterocycles. The van der Waals surface area contributed by atoms with Gasteiger partial charge >= 0.3 is 0 Å². The summed E-state index contributed by atoms with van der Waals surface area (Å²) in [5.41, 5.74) is 3.53. The molecule has 1 N–H and O–H groups in total. The molecule has 0 fully saturated rings. The Bertz CT molecular complexity index is 988. The van der Waals surface area contributed by atoms with E-state index in [4.69, 9.17) is 9.73 Å². The van der Waals surface area contributed by atoms with Gasteiger partial charge in [-0.1, -0.05) is 93.6 Å². The molecule has 0 radical (unpaired) electrons. The molecule has 3 nitrogen and oxygen atoms in total. The predicted octanol–water partition coefficient (Wildman–Crippen LogP) is 5.95. The summed E-state index contributed by atoms with van der Waals surface area (Å²) < 4.78 is 6.34. The average Bonchev–Trinajstić information content (AvgIpc) is 3.14. The van der Waals surface area contributed by atoms with Crippen molar-refractivity contribution in [2.24, 2.45) is 4.99 Å². The van der Waals surface area contributed by atoms with Crippen molar-refractivity contribution in [1.29, 1.82) is 0 Å². The van der Waals surface area contributed by atoms with Crippen molar-refractivity contribution >= 4 is 5.90 Å². The molecule has 1 aliphatic heterocycles. The van der Waals surface area contributed by atoms with Crippen LogP contribution in [-0.4, -0.2) is 11.0 Å². The molecule has 0 spiro atoms. The van der Waals surface area contributed by atoms with E-state index in [0.29, 0.717) is 11.5 Å². The van der Waals surface area contributed by atoms with Crippen molar-refractivity contribution in [3.63, 3.8) is 0 Å². The molecular weight excluding hydrogens is 346 g/mol. The van der Waals surface area contributed by atoms with Crippen LogP contribution < -0.4 is 0 Å². The second-order valence-corrected chi connectivity index (χ2v) is 8.19. The van der Waals surface area contributed by atoms with Crippen molar-refractivity contribution in [3.05, 3.63) is 101 Å². The van der Waals surface area contributed by atoms with Crippen LogP contribution in [-0.2, 0) is 10.2 Å². The standard InChI is InChI=1S/C25H25NO2/c1-25(2,3)20-16-10-15-19(22(20)27)24-26-21(17-11-6-4-7-12-17)23(28-24)18-13-8-5-9-14-18/h4-16,21,23,27H,1-3H3. The molecule has 28 heavy (non-hydrogen) atoms. The van der Waals surface area contributed by atoms with Gasteiger partial charge in [0, 0.05) is 5.56 Å². The number of phenolic OH excluding ortho intramolecular Hbond substituents is 1. The molecule has 3 heteroatoms. The molecule has 2 unspecified atom stereocenters. The maximum Gasteiger partial charge on any atom is 0.221 e. The van der Waals surface area contributed by atoms with Gasteiger partial charge in [0.25, 0.3) is 0 Å². The van der Waals surface area contributed by atoms with Crippen LogP contribution in [0.2, 0.25) is 0 Å². The number of ether oxygens (including phenoxy) is 1. The number of para-hydroxylation sites is 1. The molecule has 3 aromatic carbocycles. The number of hydrogen-bond acceptors (Lipinski definition) is 3. The van der Waals surface area contributed by atoms with Gasteiger partial charge in [0.15, 0.2) is 6.10 Å². The van der Waals surface area contributed by atoms with E-state index in [2.05, 4.69) is 45.0 Å². The van der Waals surface area contributed by atoms with E-state index < -0.39 is 0 Å². The van der Waals surface area contributed by atoms with Crippen molar-refractivity contribution in [3.8, 4) is 5.75 Å². The number of nitrogens with zero attached hydrogens (tertiary/aromatic N) is 1. The summed E-state index contributed by atoms with van der Waals surface area (Å²) in [6, 6.07) is 25.9. The van der Waals surface area contributed by atoms with Gasteiger partial charge in [0.05, 0.1) is 5.56 Å². The predicted molar refractivity (Wildman–Crippen MR) is 113 cm³/mol. The highest BCUT2D eigenvalue weighted by molar-refractivity contribution is 5.98. The van der Waals surface area contributed by atoms with Gasteiger partial charge in [-0.05, 0) is 22.6 Å². The van der Waals surface area contributed by atoms with E-state index in [1.54, 1.807) is 0 Å². The summed E-state index contributed by atoms with van der Waals surface area (Å²) in [4.78, 5) is 4.90. The Labute approximate surface area is 166 Å². The number of aromatic hydroxyl groups is 1. The lowest BCUT2D eigenvalue weighted by Gasteiger charge is -2.22. The minimum Gasteiger partial charge on any atom is -0.507 e. The van der Waals surface area contributed by atoms with Crippen molar-refractivity contribution in [2.75, 3.05) is 0 Å². The van der Waals surface area contributed by atoms with Crippen LogP contribution in [0.25, 0.3) is 0 Å². The van der Waals surface area contributed by atoms with Crippen LogP contribution in [0.5, 0.6) is 5.75 Å². The van der Waals surface area contributed by atoms with Crippen molar-refractivity contribution in [2.45, 2.75) is 38.3 Å². The Balaban J connectivity index is 1.79. The minimum absolute atomic E-state index is 0.156. The smallest absolute Gasteiger partial charge is 0.221 e. The fraction of sp³-hybridized carbons (Fsp3) is 0.240. The SMILES string of the molecule is CC(C)(C)c1cccc(C2=NC(c3ccccc3)C(c3ccccc3)O2)c1O. The van der Waals surface area contributed by atoms with Gasteiger partial charge in [0.1, 0.15) is 11.8 Å². The average molecular weight is 371 g/mol. The highest BCUT2D eigenvalue weighted by Crippen LogP contribution is 2.43. The Hall–Kier alpha value is -3.07. The zero-order valence-electron chi connectivity index (χ0n) is 16.5. The summed E-state index contributed by atoms with van der Waals surface area (Å²) in [7, 11) is 0. The molecule has 1 heterocycles. The number of hydrogen-bond donors (Lipinski definition) is 1. The van der Waals surface area contributed by atoms with Crippen molar-refractivity contribution in [1.82, 2.24) is 0 Å². The Morgan fingerprint density at radius 2 is 1.39 bits per heavy atom. The molecule has 4 rings (SSSR count). The molecule has 0 aromatic heterocycles. The Kier molecular flexibility index (Phi) is 4.68. The normalized spacial score (nSPS) is 19.2. The second kappa shape index (κ2) is 7.16. The van der Waals surface area contributed by atoms with Crippen LogP contribution in [0.4, 0.5) is 0 Å². The monoisotopic (exact) mass is 371 g/mol. The maximum atomic E-state index is 10.9. The van der Waals surface area contributed by atoms with Crippen LogP contribution in [0, 0.1) is 0 Å². The first-order valence-electron chi connectivity index (χ1n) is 9.62. The lowest BCUT2D eigenvalue weighted by Crippen LogP contribution is -2.14. The summed E-state index contributed by atoms with van der Waals surface area (Å²) in [5, 5.41) is 10.9. The van der Waals surface area contributed by atoms with E-state index >= 15 is 0 Å². The molecule has 1 aliphatic rings. The third-order valence-corrected chi connectivity index (χ3v) is 5.13. The molecule has 2 atom stereocenters. The molecule has 142 valence electrons. The van der Waals surface area contributed by atoms with E-state index in [9.17, 15) is 5.11 Å². The van der Waals surface area contributed by atoms with Crippen LogP contribution in [0.1, 0.15) is 55.2 Å². The zero-order valence-corrected chi connectivity index (χ0v) is 16.5. The van der Waals surface area contributed by atoms with E-state index in [1.165, 1.54) is 0 Å². The van der Waals surface area contributed by atoms with E-state index in [0.717, 1.165) is 16.7 Å². The summed E-state index contributed by atoms with van der Waals surface area (Å²) in [6.45, 7) is 6.26. The fourth-order valence-corrected chi connectivity index (χ4v) is 3.66. The van der Waals surface area contributed by atoms with Crippen LogP contribution in [0.3, 0.4) is 0 Å². The maximum absolute atomic E-state index is 10.9. The first-order valence-corrected chi connectivity index (χ1v) is 9.62. The zero-order chi connectivity index (χ0) is 19.7. The molecule has 3 aromatic rings. The second-order valence-electron chi connectivity index (χ2n) is 8.19. The highest BCUT2D eigenvalue weighted by Gasteiger charge is 2.35. The number of benzene rings is 3. The first-order chi connectivity index (χ1) is 13.4. The quantitative estimate of drug-likeness (QED) is 0.618. The number of rotatable bonds is 3. The van der Waals surface area contributed by atoms with Gasteiger partial charge in [-0.3, -0.25) is 0 Å². The molecule has 0 saturated carbocycles. The molecular formula is C25H25NO2. The fourth-order valence-electron chi connectivity index (χ4n) is 3.66. The third-order valence-electron chi connectivity index (χ3n) is 5.13. The third kappa shape index (κ3) is 3.40. The van der Waals surface area contributed by atoms with Crippen LogP contribution >= 0.6 is 0 Å². The molecule has 0 aliphatic carbocycles. The van der Waals surface area contributed by atoms with Gasteiger partial charge in [0.2, 0.25) is 5.90 Å². The van der Waals surface area contributed by atoms with Crippen molar-refractivity contribution < 1.29 is 9.84 Å². The van der Waals surface area contributed by atoms with Crippen LogP contribution in [0.15, 0.2) is 83.9 Å². The lowest BCUT2D eigenvalue weighted by atomic mass is 9.85. The molecule has 0 amide bonds. The Morgan fingerprint density at radius 1 is 0.786 bits per heavy atom. The lowest BCUT2D eigenvalue weighted by molar-refractivity contribution is 0.196. The Morgan fingerprint density at radius 3 is 2.00 bits per heavy atom. The van der Waals surface area contributed by atoms with Gasteiger partial charge < -0.3 is 9.84 Å². The summed E-state index contributed by atoms with van der Waals surface area (Å²) in [6.07, 6.45) is -0.226. The van der Waals surface area contributed by atoms with E-state index in [1.807, 2.05) is 54.6 Å². The van der Waals surface area contributed by atoms with Gasteiger partial charge in [-0.15, -0.1) is 0 Å². The minimum atomic E-state index is -0.226. The highest BCUT2D eigenvalue weighted by atomic mass is 16.5. The topological polar surface area (TPSA) is 41.8 Å². The largest absolute Gasteiger partial charge is 0.507 e. The molecule has 0 bridgehead atoms. The number of phenols is 1. The first kappa shape index (κ1) is 18.3. The summed E-state index contributed by atoms with van der Waals surface area (Å²) in [5.74, 6) is 0.737. The van der Waals surface area contributed by atoms with Gasteiger partial charge in [-0.25, -0.2) is 4.99 Å².